The maximum atomic E-state index is 11.0. The van der Waals surface area contributed by atoms with E-state index in [4.69, 9.17) is 0 Å². The van der Waals surface area contributed by atoms with Crippen LogP contribution in [-0.2, 0) is 14.3 Å². The van der Waals surface area contributed by atoms with E-state index in [1.807, 2.05) is 0 Å². The summed E-state index contributed by atoms with van der Waals surface area (Å²) in [6.07, 6.45) is 0.316. The monoisotopic (exact) mass is 170 g/mol. The quantitative estimate of drug-likeness (QED) is 0.445. The molecule has 0 aromatic heterocycles. The second-order valence-electron chi connectivity index (χ2n) is 2.78. The van der Waals surface area contributed by atoms with E-state index < -0.39 is 18.0 Å². The van der Waals surface area contributed by atoms with E-state index >= 15 is 0 Å². The fraction of sp³-hybridized carbons (Fsp3) is 0.500. The van der Waals surface area contributed by atoms with Gasteiger partial charge in [-0.05, 0) is 19.9 Å². The van der Waals surface area contributed by atoms with E-state index in [-0.39, 0.29) is 5.78 Å². The van der Waals surface area contributed by atoms with Gasteiger partial charge in [0, 0.05) is 0 Å². The van der Waals surface area contributed by atoms with Gasteiger partial charge in [0.05, 0.1) is 6.10 Å². The number of carbonyl (C=O) groups excluding carboxylic acids is 2. The van der Waals surface area contributed by atoms with Gasteiger partial charge in [0.2, 0.25) is 0 Å². The average Bonchev–Trinajstić information content (AvgIpc) is 1.82. The molecule has 0 spiro atoms. The minimum atomic E-state index is -1.05. The van der Waals surface area contributed by atoms with Gasteiger partial charge in [-0.3, -0.25) is 9.59 Å². The number of ether oxygens (including phenoxy) is 1. The van der Waals surface area contributed by atoms with Crippen molar-refractivity contribution < 1.29 is 19.4 Å². The van der Waals surface area contributed by atoms with Gasteiger partial charge in [-0.25, -0.2) is 0 Å². The van der Waals surface area contributed by atoms with Crippen LogP contribution in [0.25, 0.3) is 0 Å². The van der Waals surface area contributed by atoms with Crippen molar-refractivity contribution >= 4 is 11.8 Å². The van der Waals surface area contributed by atoms with Gasteiger partial charge in [0.15, 0.2) is 0 Å². The molecule has 1 rings (SSSR count). The zero-order valence-electron chi connectivity index (χ0n) is 6.90. The summed E-state index contributed by atoms with van der Waals surface area (Å²) in [4.78, 5) is 21.8. The van der Waals surface area contributed by atoms with Crippen LogP contribution in [0, 0.1) is 5.92 Å². The summed E-state index contributed by atoms with van der Waals surface area (Å²) in [5, 5.41) is 9.28. The number of carbonyl (C=O) groups is 2. The maximum Gasteiger partial charge on any atom is 0.324 e. The van der Waals surface area contributed by atoms with Crippen molar-refractivity contribution in [2.45, 2.75) is 20.0 Å². The molecule has 1 aliphatic heterocycles. The summed E-state index contributed by atoms with van der Waals surface area (Å²) in [6.45, 7) is 2.81. The fourth-order valence-corrected chi connectivity index (χ4v) is 1.14. The third-order valence-corrected chi connectivity index (χ3v) is 1.70. The van der Waals surface area contributed by atoms with E-state index in [2.05, 4.69) is 4.74 Å². The second-order valence-corrected chi connectivity index (χ2v) is 2.78. The van der Waals surface area contributed by atoms with E-state index in [9.17, 15) is 14.7 Å². The van der Waals surface area contributed by atoms with Crippen LogP contribution in [-0.4, -0.2) is 23.0 Å². The standard InChI is InChI=1S/C8H10O4/c1-4-3-6(10)7(5(2)9)8(11)12-4/h3,6-7,10H,1-2H3. The number of Topliss-reactive ketones (excluding diaryl/α,β-unsaturated/α-hetero) is 1. The first-order valence-electron chi connectivity index (χ1n) is 3.61. The van der Waals surface area contributed by atoms with Gasteiger partial charge in [-0.1, -0.05) is 0 Å². The zero-order valence-corrected chi connectivity index (χ0v) is 6.90. The Morgan fingerprint density at radius 2 is 2.25 bits per heavy atom. The van der Waals surface area contributed by atoms with Crippen molar-refractivity contribution in [2.24, 2.45) is 5.92 Å². The fourth-order valence-electron chi connectivity index (χ4n) is 1.14. The van der Waals surface area contributed by atoms with Crippen molar-refractivity contribution in [3.8, 4) is 0 Å². The highest BCUT2D eigenvalue weighted by atomic mass is 16.5. The Hall–Kier alpha value is -1.16. The summed E-state index contributed by atoms with van der Waals surface area (Å²) < 4.78 is 4.67. The molecule has 0 saturated heterocycles. The normalized spacial score (nSPS) is 29.2. The topological polar surface area (TPSA) is 63.6 Å². The Morgan fingerprint density at radius 3 is 2.67 bits per heavy atom. The van der Waals surface area contributed by atoms with Gasteiger partial charge >= 0.3 is 5.97 Å². The number of esters is 1. The molecule has 1 aliphatic rings. The third-order valence-electron chi connectivity index (χ3n) is 1.70. The molecule has 66 valence electrons. The maximum absolute atomic E-state index is 11.0. The second kappa shape index (κ2) is 3.06. The molecule has 2 atom stereocenters. The Morgan fingerprint density at radius 1 is 1.67 bits per heavy atom. The summed E-state index contributed by atoms with van der Waals surface area (Å²) >= 11 is 0. The number of hydrogen-bond acceptors (Lipinski definition) is 4. The highest BCUT2D eigenvalue weighted by Gasteiger charge is 2.35. The molecule has 0 bridgehead atoms. The van der Waals surface area contributed by atoms with Gasteiger partial charge in [-0.2, -0.15) is 0 Å². The first kappa shape index (κ1) is 8.93. The van der Waals surface area contributed by atoms with Crippen LogP contribution in [0.1, 0.15) is 13.8 Å². The van der Waals surface area contributed by atoms with Gasteiger partial charge < -0.3 is 9.84 Å². The van der Waals surface area contributed by atoms with E-state index in [0.717, 1.165) is 0 Å². The molecule has 4 heteroatoms. The summed E-state index contributed by atoms with van der Waals surface area (Å²) in [6, 6.07) is 0. The van der Waals surface area contributed by atoms with Crippen LogP contribution < -0.4 is 0 Å². The molecule has 0 radical (unpaired) electrons. The molecule has 1 heterocycles. The summed E-state index contributed by atoms with van der Waals surface area (Å²) in [7, 11) is 0. The largest absolute Gasteiger partial charge is 0.431 e. The number of aliphatic hydroxyl groups excluding tert-OH is 1. The van der Waals surface area contributed by atoms with Crippen molar-refractivity contribution in [3.05, 3.63) is 11.8 Å². The van der Waals surface area contributed by atoms with Crippen LogP contribution in [0.3, 0.4) is 0 Å². The lowest BCUT2D eigenvalue weighted by molar-refractivity contribution is -0.153. The number of rotatable bonds is 1. The molecule has 1 N–H and O–H groups in total. The number of ketones is 1. The Balaban J connectivity index is 2.90. The highest BCUT2D eigenvalue weighted by molar-refractivity contribution is 5.99. The lowest BCUT2D eigenvalue weighted by Crippen LogP contribution is -2.37. The highest BCUT2D eigenvalue weighted by Crippen LogP contribution is 2.18. The summed E-state index contributed by atoms with van der Waals surface area (Å²) in [5.74, 6) is -1.76. The molecule has 12 heavy (non-hydrogen) atoms. The van der Waals surface area contributed by atoms with Crippen LogP contribution >= 0.6 is 0 Å². The summed E-state index contributed by atoms with van der Waals surface area (Å²) in [5.41, 5.74) is 0. The number of aliphatic hydroxyl groups is 1. The molecule has 0 fully saturated rings. The Kier molecular flexibility index (Phi) is 2.28. The Labute approximate surface area is 69.8 Å². The van der Waals surface area contributed by atoms with Crippen molar-refractivity contribution in [1.29, 1.82) is 0 Å². The van der Waals surface area contributed by atoms with Gasteiger partial charge in [0.1, 0.15) is 17.5 Å². The van der Waals surface area contributed by atoms with Crippen molar-refractivity contribution in [2.75, 3.05) is 0 Å². The van der Waals surface area contributed by atoms with E-state index in [1.165, 1.54) is 13.0 Å². The minimum Gasteiger partial charge on any atom is -0.431 e. The van der Waals surface area contributed by atoms with Crippen LogP contribution in [0.4, 0.5) is 0 Å². The molecule has 0 aliphatic carbocycles. The SMILES string of the molecule is CC(=O)C1C(=O)OC(C)=CC1O. The molecule has 4 nitrogen and oxygen atoms in total. The lowest BCUT2D eigenvalue weighted by Gasteiger charge is -2.21. The third kappa shape index (κ3) is 1.53. The average molecular weight is 170 g/mol. The Bertz CT molecular complexity index is 254. The lowest BCUT2D eigenvalue weighted by atomic mass is 9.96. The van der Waals surface area contributed by atoms with Crippen LogP contribution in [0.2, 0.25) is 0 Å². The van der Waals surface area contributed by atoms with Crippen LogP contribution in [0.5, 0.6) is 0 Å². The molecule has 0 saturated carbocycles. The first-order chi connectivity index (χ1) is 5.52. The first-order valence-corrected chi connectivity index (χ1v) is 3.61. The number of cyclic esters (lactones) is 1. The molecular weight excluding hydrogens is 160 g/mol. The van der Waals surface area contributed by atoms with E-state index in [0.29, 0.717) is 5.76 Å². The molecule has 0 aromatic carbocycles. The number of allylic oxidation sites excluding steroid dienone is 1. The molecule has 0 amide bonds. The molecular formula is C8H10O4. The van der Waals surface area contributed by atoms with E-state index in [1.54, 1.807) is 6.92 Å². The zero-order chi connectivity index (χ0) is 9.30. The minimum absolute atomic E-state index is 0.338. The van der Waals surface area contributed by atoms with Crippen molar-refractivity contribution in [1.82, 2.24) is 0 Å². The molecule has 2 unspecified atom stereocenters. The predicted molar refractivity (Wildman–Crippen MR) is 40.0 cm³/mol. The van der Waals surface area contributed by atoms with Gasteiger partial charge in [-0.15, -0.1) is 0 Å². The smallest absolute Gasteiger partial charge is 0.324 e. The predicted octanol–water partition coefficient (Wildman–Crippen LogP) is 0.0131. The van der Waals surface area contributed by atoms with Gasteiger partial charge in [0.25, 0.3) is 0 Å². The van der Waals surface area contributed by atoms with Crippen molar-refractivity contribution in [3.63, 3.8) is 0 Å². The number of hydrogen-bond donors (Lipinski definition) is 1. The van der Waals surface area contributed by atoms with Crippen LogP contribution in [0.15, 0.2) is 11.8 Å². The molecule has 0 aromatic rings.